The monoisotopic (exact) mass is 249 g/mol. The van der Waals surface area contributed by atoms with Gasteiger partial charge in [0.1, 0.15) is 0 Å². The first-order valence-corrected chi connectivity index (χ1v) is 6.27. The Balaban J connectivity index is 2.13. The Morgan fingerprint density at radius 3 is 2.68 bits per heavy atom. The maximum atomic E-state index is 4.24. The lowest BCUT2D eigenvalue weighted by Gasteiger charge is -2.05. The third-order valence-corrected chi connectivity index (χ3v) is 3.15. The summed E-state index contributed by atoms with van der Waals surface area (Å²) in [7, 11) is 0. The van der Waals surface area contributed by atoms with Crippen molar-refractivity contribution < 1.29 is 0 Å². The van der Waals surface area contributed by atoms with Crippen molar-refractivity contribution >= 4 is 0 Å². The molecule has 0 aliphatic heterocycles. The molecular weight excluding hydrogens is 234 g/mol. The van der Waals surface area contributed by atoms with Crippen LogP contribution in [0, 0.1) is 13.8 Å². The van der Waals surface area contributed by atoms with Crippen LogP contribution in [0.4, 0.5) is 0 Å². The Kier molecular flexibility index (Phi) is 2.88. The van der Waals surface area contributed by atoms with Gasteiger partial charge in [-0.2, -0.15) is 5.10 Å². The first-order valence-electron chi connectivity index (χ1n) is 6.27. The fourth-order valence-corrected chi connectivity index (χ4v) is 2.24. The van der Waals surface area contributed by atoms with Crippen LogP contribution in [-0.4, -0.2) is 15.2 Å². The minimum Gasteiger partial charge on any atom is -0.277 e. The van der Waals surface area contributed by atoms with E-state index < -0.39 is 0 Å². The molecule has 1 aromatic carbocycles. The summed E-state index contributed by atoms with van der Waals surface area (Å²) in [6.07, 6.45) is 3.70. The average Bonchev–Trinajstić information content (AvgIpc) is 2.88. The van der Waals surface area contributed by atoms with Gasteiger partial charge in [-0.1, -0.05) is 23.8 Å². The first kappa shape index (κ1) is 11.7. The lowest BCUT2D eigenvalue weighted by molar-refractivity contribution is 1.09. The van der Waals surface area contributed by atoms with E-state index in [2.05, 4.69) is 52.4 Å². The van der Waals surface area contributed by atoms with Crippen molar-refractivity contribution in [2.24, 2.45) is 0 Å². The molecule has 19 heavy (non-hydrogen) atoms. The van der Waals surface area contributed by atoms with Crippen LogP contribution in [0.15, 0.2) is 48.8 Å². The fraction of sp³-hybridized carbons (Fsp3) is 0.125. The van der Waals surface area contributed by atoms with Crippen LogP contribution in [0.1, 0.15) is 11.3 Å². The van der Waals surface area contributed by atoms with Crippen LogP contribution >= 0.6 is 0 Å². The summed E-state index contributed by atoms with van der Waals surface area (Å²) < 4.78 is 0. The maximum Gasteiger partial charge on any atom is 0.0728 e. The van der Waals surface area contributed by atoms with Crippen molar-refractivity contribution in [3.63, 3.8) is 0 Å². The number of benzene rings is 1. The number of nitrogens with one attached hydrogen (secondary N) is 1. The zero-order valence-corrected chi connectivity index (χ0v) is 11.0. The summed E-state index contributed by atoms with van der Waals surface area (Å²) in [5.74, 6) is 0. The van der Waals surface area contributed by atoms with Gasteiger partial charge in [0.15, 0.2) is 0 Å². The van der Waals surface area contributed by atoms with Gasteiger partial charge in [-0.05, 0) is 37.6 Å². The van der Waals surface area contributed by atoms with Crippen molar-refractivity contribution in [1.82, 2.24) is 15.2 Å². The fourth-order valence-electron chi connectivity index (χ4n) is 2.24. The van der Waals surface area contributed by atoms with Gasteiger partial charge in [0.05, 0.1) is 11.9 Å². The highest BCUT2D eigenvalue weighted by Gasteiger charge is 2.10. The van der Waals surface area contributed by atoms with Gasteiger partial charge in [0.25, 0.3) is 0 Å². The second-order valence-corrected chi connectivity index (χ2v) is 4.71. The molecule has 0 unspecified atom stereocenters. The van der Waals surface area contributed by atoms with E-state index in [0.717, 1.165) is 28.1 Å². The summed E-state index contributed by atoms with van der Waals surface area (Å²) in [5, 5.41) is 7.29. The van der Waals surface area contributed by atoms with Gasteiger partial charge in [0, 0.05) is 23.0 Å². The second-order valence-electron chi connectivity index (χ2n) is 4.71. The lowest BCUT2D eigenvalue weighted by Crippen LogP contribution is -1.86. The highest BCUT2D eigenvalue weighted by atomic mass is 15.1. The molecule has 0 saturated carbocycles. The summed E-state index contributed by atoms with van der Waals surface area (Å²) in [5.41, 5.74) is 6.70. The Morgan fingerprint density at radius 1 is 1.00 bits per heavy atom. The summed E-state index contributed by atoms with van der Waals surface area (Å²) in [6.45, 7) is 4.09. The molecule has 0 radical (unpaired) electrons. The number of hydrogen-bond acceptors (Lipinski definition) is 2. The van der Waals surface area contributed by atoms with Crippen LogP contribution < -0.4 is 0 Å². The summed E-state index contributed by atoms with van der Waals surface area (Å²) >= 11 is 0. The molecule has 0 aliphatic carbocycles. The van der Waals surface area contributed by atoms with Crippen LogP contribution in [0.25, 0.3) is 22.4 Å². The predicted octanol–water partition coefficient (Wildman–Crippen LogP) is 3.76. The topological polar surface area (TPSA) is 41.6 Å². The van der Waals surface area contributed by atoms with Crippen LogP contribution in [-0.2, 0) is 0 Å². The molecule has 94 valence electrons. The van der Waals surface area contributed by atoms with Crippen LogP contribution in [0.5, 0.6) is 0 Å². The molecule has 0 spiro atoms. The molecule has 3 aromatic rings. The molecule has 3 rings (SSSR count). The van der Waals surface area contributed by atoms with E-state index in [1.807, 2.05) is 25.4 Å². The molecule has 3 heteroatoms. The number of nitrogens with zero attached hydrogens (tertiary/aromatic N) is 2. The number of hydrogen-bond donors (Lipinski definition) is 1. The summed E-state index contributed by atoms with van der Waals surface area (Å²) in [6, 6.07) is 12.5. The lowest BCUT2D eigenvalue weighted by atomic mass is 10.0. The molecule has 2 heterocycles. The zero-order valence-electron chi connectivity index (χ0n) is 11.0. The van der Waals surface area contributed by atoms with Gasteiger partial charge < -0.3 is 0 Å². The van der Waals surface area contributed by atoms with Crippen molar-refractivity contribution in [1.29, 1.82) is 0 Å². The zero-order chi connectivity index (χ0) is 13.2. The molecule has 3 nitrogen and oxygen atoms in total. The van der Waals surface area contributed by atoms with E-state index in [-0.39, 0.29) is 0 Å². The normalized spacial score (nSPS) is 10.6. The molecule has 2 aromatic heterocycles. The Labute approximate surface area is 112 Å². The van der Waals surface area contributed by atoms with Crippen molar-refractivity contribution in [2.75, 3.05) is 0 Å². The third kappa shape index (κ3) is 2.27. The van der Waals surface area contributed by atoms with E-state index >= 15 is 0 Å². The Hall–Kier alpha value is -2.42. The van der Waals surface area contributed by atoms with Gasteiger partial charge >= 0.3 is 0 Å². The van der Waals surface area contributed by atoms with Gasteiger partial charge in [0.2, 0.25) is 0 Å². The van der Waals surface area contributed by atoms with Crippen LogP contribution in [0.3, 0.4) is 0 Å². The first-order chi connectivity index (χ1) is 9.24. The van der Waals surface area contributed by atoms with E-state index in [1.165, 1.54) is 5.56 Å². The molecule has 0 fully saturated rings. The molecule has 0 aliphatic rings. The van der Waals surface area contributed by atoms with Crippen molar-refractivity contribution in [3.8, 4) is 22.4 Å². The van der Waals surface area contributed by atoms with Crippen LogP contribution in [0.2, 0.25) is 0 Å². The average molecular weight is 249 g/mol. The quantitative estimate of drug-likeness (QED) is 0.751. The standard InChI is InChI=1S/C16H15N3/c1-11-4-3-5-14(8-11)16-15(10-18-19-16)13-6-7-17-12(2)9-13/h3-10H,1-2H3,(H,18,19). The largest absolute Gasteiger partial charge is 0.277 e. The Morgan fingerprint density at radius 2 is 1.89 bits per heavy atom. The smallest absolute Gasteiger partial charge is 0.0728 e. The molecule has 1 N–H and O–H groups in total. The van der Waals surface area contributed by atoms with E-state index in [0.29, 0.717) is 0 Å². The number of pyridine rings is 1. The van der Waals surface area contributed by atoms with E-state index in [1.54, 1.807) is 0 Å². The number of aryl methyl sites for hydroxylation is 2. The maximum absolute atomic E-state index is 4.24. The number of H-pyrrole nitrogens is 1. The molecule has 0 bridgehead atoms. The minimum atomic E-state index is 1.01. The molecule has 0 atom stereocenters. The highest BCUT2D eigenvalue weighted by Crippen LogP contribution is 2.30. The van der Waals surface area contributed by atoms with Gasteiger partial charge in [-0.15, -0.1) is 0 Å². The minimum absolute atomic E-state index is 1.01. The van der Waals surface area contributed by atoms with Crippen molar-refractivity contribution in [2.45, 2.75) is 13.8 Å². The SMILES string of the molecule is Cc1cccc(-c2[nH]ncc2-c2ccnc(C)c2)c1. The third-order valence-electron chi connectivity index (χ3n) is 3.15. The van der Waals surface area contributed by atoms with Crippen molar-refractivity contribution in [3.05, 3.63) is 60.0 Å². The number of rotatable bonds is 2. The number of aromatic amines is 1. The molecule has 0 saturated heterocycles. The predicted molar refractivity (Wildman–Crippen MR) is 76.7 cm³/mol. The molecular formula is C16H15N3. The van der Waals surface area contributed by atoms with E-state index in [9.17, 15) is 0 Å². The van der Waals surface area contributed by atoms with Gasteiger partial charge in [-0.3, -0.25) is 10.1 Å². The Bertz CT molecular complexity index is 653. The summed E-state index contributed by atoms with van der Waals surface area (Å²) in [4.78, 5) is 4.24. The molecule has 0 amide bonds. The number of aromatic nitrogens is 3. The second kappa shape index (κ2) is 4.69. The van der Waals surface area contributed by atoms with E-state index in [4.69, 9.17) is 0 Å². The van der Waals surface area contributed by atoms with Gasteiger partial charge in [-0.25, -0.2) is 0 Å². The highest BCUT2D eigenvalue weighted by molar-refractivity contribution is 5.80.